The summed E-state index contributed by atoms with van der Waals surface area (Å²) >= 11 is 0. The van der Waals surface area contributed by atoms with Crippen molar-refractivity contribution < 1.29 is 0 Å². The first kappa shape index (κ1) is 12.5. The molecule has 17 heavy (non-hydrogen) atoms. The number of aryl methyl sites for hydroxylation is 1. The molecule has 0 spiro atoms. The van der Waals surface area contributed by atoms with Crippen LogP contribution in [-0.4, -0.2) is 15.6 Å². The Kier molecular flexibility index (Phi) is 4.08. The maximum atomic E-state index is 4.44. The van der Waals surface area contributed by atoms with Crippen LogP contribution in [0.5, 0.6) is 0 Å². The van der Waals surface area contributed by atoms with E-state index in [-0.39, 0.29) is 0 Å². The first-order valence-corrected chi connectivity index (χ1v) is 7.03. The van der Waals surface area contributed by atoms with Gasteiger partial charge in [0.15, 0.2) is 0 Å². The molecule has 0 bridgehead atoms. The number of aromatic nitrogens is 2. The summed E-state index contributed by atoms with van der Waals surface area (Å²) in [6.07, 6.45) is 9.09. The van der Waals surface area contributed by atoms with Gasteiger partial charge in [-0.3, -0.25) is 0 Å². The van der Waals surface area contributed by atoms with Gasteiger partial charge in [0, 0.05) is 25.0 Å². The normalized spacial score (nSPS) is 28.5. The average molecular weight is 235 g/mol. The van der Waals surface area contributed by atoms with Crippen molar-refractivity contribution in [2.24, 2.45) is 11.8 Å². The predicted octanol–water partition coefficient (Wildman–Crippen LogP) is 3.53. The SMILES string of the molecule is CCCn1ccnc1NC1CCC(CC)C1C. The van der Waals surface area contributed by atoms with E-state index in [1.807, 2.05) is 6.20 Å². The van der Waals surface area contributed by atoms with Gasteiger partial charge in [0.1, 0.15) is 0 Å². The van der Waals surface area contributed by atoms with Crippen LogP contribution in [0.1, 0.15) is 46.5 Å². The zero-order valence-corrected chi connectivity index (χ0v) is 11.3. The fourth-order valence-corrected chi connectivity index (χ4v) is 3.06. The van der Waals surface area contributed by atoms with Gasteiger partial charge >= 0.3 is 0 Å². The summed E-state index contributed by atoms with van der Waals surface area (Å²) in [5.41, 5.74) is 0. The summed E-state index contributed by atoms with van der Waals surface area (Å²) < 4.78 is 2.23. The van der Waals surface area contributed by atoms with Crippen LogP contribution in [0.3, 0.4) is 0 Å². The number of hydrogen-bond donors (Lipinski definition) is 1. The molecule has 96 valence electrons. The van der Waals surface area contributed by atoms with E-state index < -0.39 is 0 Å². The summed E-state index contributed by atoms with van der Waals surface area (Å²) in [6.45, 7) is 7.95. The lowest BCUT2D eigenvalue weighted by molar-refractivity contribution is 0.390. The highest BCUT2D eigenvalue weighted by molar-refractivity contribution is 5.28. The zero-order valence-electron chi connectivity index (χ0n) is 11.3. The molecule has 1 aromatic rings. The minimum Gasteiger partial charge on any atom is -0.353 e. The lowest BCUT2D eigenvalue weighted by Gasteiger charge is -2.22. The van der Waals surface area contributed by atoms with Crippen molar-refractivity contribution in [3.8, 4) is 0 Å². The van der Waals surface area contributed by atoms with E-state index in [1.165, 1.54) is 19.3 Å². The van der Waals surface area contributed by atoms with E-state index in [4.69, 9.17) is 0 Å². The van der Waals surface area contributed by atoms with Crippen LogP contribution in [0.4, 0.5) is 5.95 Å². The van der Waals surface area contributed by atoms with Gasteiger partial charge in [0.05, 0.1) is 0 Å². The van der Waals surface area contributed by atoms with E-state index in [1.54, 1.807) is 0 Å². The molecule has 0 aromatic carbocycles. The molecular weight excluding hydrogens is 210 g/mol. The summed E-state index contributed by atoms with van der Waals surface area (Å²) in [4.78, 5) is 4.44. The van der Waals surface area contributed by atoms with Crippen LogP contribution in [-0.2, 0) is 6.54 Å². The van der Waals surface area contributed by atoms with Gasteiger partial charge in [0.2, 0.25) is 5.95 Å². The topological polar surface area (TPSA) is 29.9 Å². The second kappa shape index (κ2) is 5.56. The molecule has 1 aromatic heterocycles. The van der Waals surface area contributed by atoms with Crippen molar-refractivity contribution in [2.75, 3.05) is 5.32 Å². The van der Waals surface area contributed by atoms with Crippen molar-refractivity contribution >= 4 is 5.95 Å². The number of nitrogens with zero attached hydrogens (tertiary/aromatic N) is 2. The van der Waals surface area contributed by atoms with Crippen LogP contribution in [0.25, 0.3) is 0 Å². The molecule has 1 heterocycles. The molecule has 3 atom stereocenters. The molecule has 1 aliphatic carbocycles. The Labute approximate surface area is 105 Å². The Hall–Kier alpha value is -0.990. The third-order valence-corrected chi connectivity index (χ3v) is 4.25. The summed E-state index contributed by atoms with van der Waals surface area (Å²) in [7, 11) is 0. The molecule has 1 fully saturated rings. The summed E-state index contributed by atoms with van der Waals surface area (Å²) in [6, 6.07) is 0.609. The molecular formula is C14H25N3. The second-order valence-corrected chi connectivity index (χ2v) is 5.30. The highest BCUT2D eigenvalue weighted by atomic mass is 15.2. The van der Waals surface area contributed by atoms with E-state index in [0.29, 0.717) is 6.04 Å². The predicted molar refractivity (Wildman–Crippen MR) is 72.1 cm³/mol. The van der Waals surface area contributed by atoms with Crippen molar-refractivity contribution in [2.45, 2.75) is 59.0 Å². The summed E-state index contributed by atoms with van der Waals surface area (Å²) in [5, 5.41) is 3.64. The van der Waals surface area contributed by atoms with E-state index in [2.05, 4.69) is 41.8 Å². The number of hydrogen-bond acceptors (Lipinski definition) is 2. The van der Waals surface area contributed by atoms with Crippen LogP contribution >= 0.6 is 0 Å². The first-order valence-electron chi connectivity index (χ1n) is 7.03. The Balaban J connectivity index is 1.99. The molecule has 0 amide bonds. The first-order chi connectivity index (χ1) is 8.26. The molecule has 1 saturated carbocycles. The van der Waals surface area contributed by atoms with Gasteiger partial charge in [-0.1, -0.05) is 27.2 Å². The molecule has 1 N–H and O–H groups in total. The van der Waals surface area contributed by atoms with E-state index in [9.17, 15) is 0 Å². The Morgan fingerprint density at radius 1 is 1.41 bits per heavy atom. The number of rotatable bonds is 5. The maximum absolute atomic E-state index is 4.44. The highest BCUT2D eigenvalue weighted by Gasteiger charge is 2.31. The number of anilines is 1. The second-order valence-electron chi connectivity index (χ2n) is 5.30. The van der Waals surface area contributed by atoms with Crippen molar-refractivity contribution in [3.05, 3.63) is 12.4 Å². The van der Waals surface area contributed by atoms with Crippen molar-refractivity contribution in [3.63, 3.8) is 0 Å². The Morgan fingerprint density at radius 2 is 2.24 bits per heavy atom. The molecule has 3 heteroatoms. The minimum absolute atomic E-state index is 0.609. The van der Waals surface area contributed by atoms with Gasteiger partial charge in [-0.05, 0) is 31.1 Å². The van der Waals surface area contributed by atoms with E-state index in [0.717, 1.165) is 30.7 Å². The molecule has 0 radical (unpaired) electrons. The largest absolute Gasteiger partial charge is 0.353 e. The third-order valence-electron chi connectivity index (χ3n) is 4.25. The van der Waals surface area contributed by atoms with Crippen LogP contribution in [0.2, 0.25) is 0 Å². The van der Waals surface area contributed by atoms with Gasteiger partial charge in [0.25, 0.3) is 0 Å². The van der Waals surface area contributed by atoms with Gasteiger partial charge in [-0.2, -0.15) is 0 Å². The Morgan fingerprint density at radius 3 is 2.88 bits per heavy atom. The molecule has 0 aliphatic heterocycles. The molecule has 2 rings (SSSR count). The number of imidazole rings is 1. The standard InChI is InChI=1S/C14H25N3/c1-4-9-17-10-8-15-14(17)16-13-7-6-12(5-2)11(13)3/h8,10-13H,4-7,9H2,1-3H3,(H,15,16). The van der Waals surface area contributed by atoms with E-state index >= 15 is 0 Å². The fourth-order valence-electron chi connectivity index (χ4n) is 3.06. The van der Waals surface area contributed by atoms with Gasteiger partial charge < -0.3 is 9.88 Å². The van der Waals surface area contributed by atoms with Crippen molar-refractivity contribution in [1.29, 1.82) is 0 Å². The molecule has 3 nitrogen and oxygen atoms in total. The molecule has 1 aliphatic rings. The third kappa shape index (κ3) is 2.64. The van der Waals surface area contributed by atoms with Crippen molar-refractivity contribution in [1.82, 2.24) is 9.55 Å². The molecule has 3 unspecified atom stereocenters. The van der Waals surface area contributed by atoms with Crippen LogP contribution in [0, 0.1) is 11.8 Å². The summed E-state index contributed by atoms with van der Waals surface area (Å²) in [5.74, 6) is 2.72. The van der Waals surface area contributed by atoms with Crippen LogP contribution < -0.4 is 5.32 Å². The lowest BCUT2D eigenvalue weighted by atomic mass is 9.94. The molecule has 0 saturated heterocycles. The zero-order chi connectivity index (χ0) is 12.3. The number of nitrogens with one attached hydrogen (secondary N) is 1. The van der Waals surface area contributed by atoms with Crippen LogP contribution in [0.15, 0.2) is 12.4 Å². The monoisotopic (exact) mass is 235 g/mol. The minimum atomic E-state index is 0.609. The maximum Gasteiger partial charge on any atom is 0.202 e. The van der Waals surface area contributed by atoms with Gasteiger partial charge in [-0.15, -0.1) is 0 Å². The smallest absolute Gasteiger partial charge is 0.202 e. The lowest BCUT2D eigenvalue weighted by Crippen LogP contribution is -2.26. The Bertz CT molecular complexity index is 345. The fraction of sp³-hybridized carbons (Fsp3) is 0.786. The van der Waals surface area contributed by atoms with Gasteiger partial charge in [-0.25, -0.2) is 4.98 Å². The highest BCUT2D eigenvalue weighted by Crippen LogP contribution is 2.35. The average Bonchev–Trinajstić information content (AvgIpc) is 2.89. The quantitative estimate of drug-likeness (QED) is 0.846.